The van der Waals surface area contributed by atoms with Crippen LogP contribution >= 0.6 is 0 Å². The van der Waals surface area contributed by atoms with Crippen molar-refractivity contribution < 1.29 is 5.11 Å². The van der Waals surface area contributed by atoms with E-state index < -0.39 is 6.10 Å². The molecule has 74 valence electrons. The Labute approximate surface area is 85.8 Å². The van der Waals surface area contributed by atoms with Gasteiger partial charge in [-0.15, -0.1) is 11.8 Å². The predicted octanol–water partition coefficient (Wildman–Crippen LogP) is 2.75. The molecule has 0 spiro atoms. The highest BCUT2D eigenvalue weighted by molar-refractivity contribution is 5.35. The Morgan fingerprint density at radius 3 is 2.71 bits per heavy atom. The van der Waals surface area contributed by atoms with Crippen LogP contribution in [0, 0.1) is 25.7 Å². The van der Waals surface area contributed by atoms with Gasteiger partial charge in [-0.25, -0.2) is 0 Å². The second-order valence-electron chi connectivity index (χ2n) is 3.44. The fraction of sp³-hybridized carbons (Fsp3) is 0.385. The standard InChI is InChI=1S/C13H16O/c1-4-5-9-13(14)12-8-6-7-10(2)11(12)3/h6-8,13-14H,9H2,1-3H3. The van der Waals surface area contributed by atoms with E-state index in [4.69, 9.17) is 0 Å². The normalized spacial score (nSPS) is 11.7. The molecule has 0 fully saturated rings. The minimum absolute atomic E-state index is 0.456. The van der Waals surface area contributed by atoms with Crippen molar-refractivity contribution in [3.8, 4) is 11.8 Å². The number of benzene rings is 1. The van der Waals surface area contributed by atoms with Crippen LogP contribution in [0.2, 0.25) is 0 Å². The first-order chi connectivity index (χ1) is 6.66. The van der Waals surface area contributed by atoms with Crippen molar-refractivity contribution in [2.45, 2.75) is 33.3 Å². The molecular formula is C13H16O. The van der Waals surface area contributed by atoms with Crippen LogP contribution in [0.15, 0.2) is 18.2 Å². The van der Waals surface area contributed by atoms with E-state index in [-0.39, 0.29) is 0 Å². The lowest BCUT2D eigenvalue weighted by Crippen LogP contribution is -2.00. The van der Waals surface area contributed by atoms with Gasteiger partial charge in [-0.2, -0.15) is 0 Å². The molecule has 14 heavy (non-hydrogen) atoms. The maximum absolute atomic E-state index is 9.85. The molecule has 0 saturated carbocycles. The SMILES string of the molecule is CC#CCC(O)c1cccc(C)c1C. The van der Waals surface area contributed by atoms with E-state index in [1.165, 1.54) is 5.56 Å². The lowest BCUT2D eigenvalue weighted by Gasteiger charge is -2.12. The van der Waals surface area contributed by atoms with E-state index in [1.807, 2.05) is 19.1 Å². The number of aryl methyl sites for hydroxylation is 1. The van der Waals surface area contributed by atoms with Crippen LogP contribution in [0.1, 0.15) is 36.1 Å². The molecule has 0 amide bonds. The molecule has 0 aliphatic rings. The summed E-state index contributed by atoms with van der Waals surface area (Å²) in [6.07, 6.45) is 0.0585. The van der Waals surface area contributed by atoms with Gasteiger partial charge < -0.3 is 5.11 Å². The van der Waals surface area contributed by atoms with Crippen LogP contribution in [0.25, 0.3) is 0 Å². The molecule has 1 aromatic carbocycles. The molecule has 1 N–H and O–H groups in total. The number of rotatable bonds is 2. The van der Waals surface area contributed by atoms with Crippen molar-refractivity contribution in [2.75, 3.05) is 0 Å². The maximum Gasteiger partial charge on any atom is 0.0901 e. The second-order valence-corrected chi connectivity index (χ2v) is 3.44. The highest BCUT2D eigenvalue weighted by Crippen LogP contribution is 2.22. The minimum atomic E-state index is -0.456. The molecule has 0 saturated heterocycles. The Kier molecular flexibility index (Phi) is 3.73. The monoisotopic (exact) mass is 188 g/mol. The zero-order chi connectivity index (χ0) is 10.6. The average Bonchev–Trinajstić information content (AvgIpc) is 2.18. The Hall–Kier alpha value is -1.26. The third kappa shape index (κ3) is 2.37. The quantitative estimate of drug-likeness (QED) is 0.707. The molecule has 0 aromatic heterocycles. The van der Waals surface area contributed by atoms with Gasteiger partial charge >= 0.3 is 0 Å². The van der Waals surface area contributed by atoms with Gasteiger partial charge in [0.15, 0.2) is 0 Å². The van der Waals surface area contributed by atoms with E-state index >= 15 is 0 Å². The van der Waals surface area contributed by atoms with Crippen molar-refractivity contribution in [1.29, 1.82) is 0 Å². The Morgan fingerprint density at radius 1 is 1.36 bits per heavy atom. The summed E-state index contributed by atoms with van der Waals surface area (Å²) in [5.74, 6) is 5.69. The molecule has 0 aliphatic heterocycles. The van der Waals surface area contributed by atoms with Gasteiger partial charge in [0, 0.05) is 6.42 Å². The summed E-state index contributed by atoms with van der Waals surface area (Å²) in [7, 11) is 0. The zero-order valence-electron chi connectivity index (χ0n) is 8.96. The summed E-state index contributed by atoms with van der Waals surface area (Å²) in [4.78, 5) is 0. The Balaban J connectivity index is 2.93. The summed E-state index contributed by atoms with van der Waals surface area (Å²) >= 11 is 0. The van der Waals surface area contributed by atoms with Crippen LogP contribution in [-0.2, 0) is 0 Å². The molecule has 1 aromatic rings. The Bertz CT molecular complexity index is 369. The van der Waals surface area contributed by atoms with E-state index in [0.717, 1.165) is 11.1 Å². The van der Waals surface area contributed by atoms with Crippen LogP contribution in [0.3, 0.4) is 0 Å². The van der Waals surface area contributed by atoms with Crippen molar-refractivity contribution in [3.05, 3.63) is 34.9 Å². The average molecular weight is 188 g/mol. The third-order valence-electron chi connectivity index (χ3n) is 2.48. The summed E-state index contributed by atoms with van der Waals surface area (Å²) in [5.41, 5.74) is 3.37. The first-order valence-corrected chi connectivity index (χ1v) is 4.80. The van der Waals surface area contributed by atoms with Crippen molar-refractivity contribution in [3.63, 3.8) is 0 Å². The molecule has 1 rings (SSSR count). The van der Waals surface area contributed by atoms with Crippen LogP contribution in [0.5, 0.6) is 0 Å². The van der Waals surface area contributed by atoms with E-state index in [2.05, 4.69) is 24.8 Å². The van der Waals surface area contributed by atoms with Gasteiger partial charge in [-0.3, -0.25) is 0 Å². The summed E-state index contributed by atoms with van der Waals surface area (Å²) < 4.78 is 0. The van der Waals surface area contributed by atoms with Gasteiger partial charge in [0.05, 0.1) is 6.10 Å². The molecule has 1 atom stereocenters. The molecule has 1 heteroatoms. The van der Waals surface area contributed by atoms with Gasteiger partial charge in [-0.05, 0) is 37.5 Å². The number of hydrogen-bond donors (Lipinski definition) is 1. The Morgan fingerprint density at radius 2 is 2.07 bits per heavy atom. The van der Waals surface area contributed by atoms with Crippen molar-refractivity contribution in [2.24, 2.45) is 0 Å². The first kappa shape index (κ1) is 10.8. The molecule has 0 aliphatic carbocycles. The number of aliphatic hydroxyl groups excluding tert-OH is 1. The fourth-order valence-electron chi connectivity index (χ4n) is 1.44. The zero-order valence-corrected chi connectivity index (χ0v) is 8.96. The lowest BCUT2D eigenvalue weighted by atomic mass is 9.98. The second kappa shape index (κ2) is 4.83. The van der Waals surface area contributed by atoms with Crippen LogP contribution in [-0.4, -0.2) is 5.11 Å². The lowest BCUT2D eigenvalue weighted by molar-refractivity contribution is 0.183. The predicted molar refractivity (Wildman–Crippen MR) is 58.9 cm³/mol. The molecule has 1 nitrogen and oxygen atoms in total. The summed E-state index contributed by atoms with van der Waals surface area (Å²) in [6.45, 7) is 5.88. The highest BCUT2D eigenvalue weighted by atomic mass is 16.3. The topological polar surface area (TPSA) is 20.2 Å². The summed E-state index contributed by atoms with van der Waals surface area (Å²) in [6, 6.07) is 5.99. The van der Waals surface area contributed by atoms with Crippen LogP contribution < -0.4 is 0 Å². The molecule has 1 unspecified atom stereocenters. The first-order valence-electron chi connectivity index (χ1n) is 4.80. The number of hydrogen-bond acceptors (Lipinski definition) is 1. The van der Waals surface area contributed by atoms with Gasteiger partial charge in [-0.1, -0.05) is 18.2 Å². The summed E-state index contributed by atoms with van der Waals surface area (Å²) in [5, 5.41) is 9.85. The van der Waals surface area contributed by atoms with Gasteiger partial charge in [0.1, 0.15) is 0 Å². The fourth-order valence-corrected chi connectivity index (χ4v) is 1.44. The van der Waals surface area contributed by atoms with E-state index in [0.29, 0.717) is 6.42 Å². The molecule has 0 bridgehead atoms. The minimum Gasteiger partial charge on any atom is -0.387 e. The smallest absolute Gasteiger partial charge is 0.0901 e. The van der Waals surface area contributed by atoms with Crippen molar-refractivity contribution >= 4 is 0 Å². The highest BCUT2D eigenvalue weighted by Gasteiger charge is 2.09. The molecule has 0 heterocycles. The van der Waals surface area contributed by atoms with Gasteiger partial charge in [0.25, 0.3) is 0 Å². The third-order valence-corrected chi connectivity index (χ3v) is 2.48. The van der Waals surface area contributed by atoms with E-state index in [1.54, 1.807) is 6.92 Å². The number of aliphatic hydroxyl groups is 1. The largest absolute Gasteiger partial charge is 0.387 e. The molecule has 0 radical (unpaired) electrons. The molecular weight excluding hydrogens is 172 g/mol. The van der Waals surface area contributed by atoms with Gasteiger partial charge in [0.2, 0.25) is 0 Å². The maximum atomic E-state index is 9.85. The van der Waals surface area contributed by atoms with Crippen LogP contribution in [0.4, 0.5) is 0 Å². The van der Waals surface area contributed by atoms with Crippen molar-refractivity contribution in [1.82, 2.24) is 0 Å². The van der Waals surface area contributed by atoms with E-state index in [9.17, 15) is 5.11 Å².